The number of oxime groups is 1. The van der Waals surface area contributed by atoms with E-state index in [2.05, 4.69) is 31.1 Å². The van der Waals surface area contributed by atoms with Crippen LogP contribution in [0.25, 0.3) is 0 Å². The third-order valence-corrected chi connectivity index (χ3v) is 3.12. The third kappa shape index (κ3) is 3.19. The molecule has 0 saturated heterocycles. The number of aromatic amines is 1. The molecule has 17 heavy (non-hydrogen) atoms. The Morgan fingerprint density at radius 2 is 2.47 bits per heavy atom. The van der Waals surface area contributed by atoms with E-state index in [-0.39, 0.29) is 17.4 Å². The van der Waals surface area contributed by atoms with Gasteiger partial charge in [-0.05, 0) is 22.9 Å². The fraction of sp³-hybridized carbons (Fsp3) is 0.444. The summed E-state index contributed by atoms with van der Waals surface area (Å²) in [6.45, 7) is 1.88. The summed E-state index contributed by atoms with van der Waals surface area (Å²) in [6.07, 6.45) is 1.70. The maximum Gasteiger partial charge on any atom is 0.267 e. The number of nitrogens with one attached hydrogen (secondary N) is 1. The van der Waals surface area contributed by atoms with Gasteiger partial charge < -0.3 is 20.8 Å². The molecule has 4 N–H and O–H groups in total. The minimum Gasteiger partial charge on any atom is -0.409 e. The fourth-order valence-electron chi connectivity index (χ4n) is 1.31. The number of nitrogens with two attached hydrogens (primary N) is 1. The van der Waals surface area contributed by atoms with Crippen LogP contribution in [0.15, 0.2) is 20.8 Å². The summed E-state index contributed by atoms with van der Waals surface area (Å²) in [6, 6.07) is -0.0588. The quantitative estimate of drug-likeness (QED) is 0.325. The van der Waals surface area contributed by atoms with Crippen molar-refractivity contribution in [2.24, 2.45) is 10.9 Å². The molecule has 1 unspecified atom stereocenters. The van der Waals surface area contributed by atoms with Crippen LogP contribution in [-0.2, 0) is 0 Å². The molecule has 0 radical (unpaired) electrons. The Morgan fingerprint density at radius 1 is 1.82 bits per heavy atom. The second-order valence-corrected chi connectivity index (χ2v) is 4.42. The van der Waals surface area contributed by atoms with Gasteiger partial charge in [0.15, 0.2) is 0 Å². The summed E-state index contributed by atoms with van der Waals surface area (Å²) < 4.78 is 0.355. The Kier molecular flexibility index (Phi) is 4.50. The maximum absolute atomic E-state index is 11.4. The first-order valence-electron chi connectivity index (χ1n) is 4.89. The number of rotatable bonds is 4. The van der Waals surface area contributed by atoms with Crippen molar-refractivity contribution >= 4 is 27.6 Å². The van der Waals surface area contributed by atoms with Crippen molar-refractivity contribution in [1.29, 1.82) is 0 Å². The van der Waals surface area contributed by atoms with Gasteiger partial charge in [0.1, 0.15) is 16.1 Å². The smallest absolute Gasteiger partial charge is 0.267 e. The molecule has 0 spiro atoms. The standard InChI is InChI=1S/C9H14BrN5O2/c1-5(3-6(11)14-17)15(2)8-7(10)9(16)13-4-12-8/h4-5,17H,3H2,1-2H3,(H2,11,14)(H,12,13,16). The van der Waals surface area contributed by atoms with Crippen LogP contribution in [0.3, 0.4) is 0 Å². The molecule has 0 aliphatic rings. The average molecular weight is 304 g/mol. The van der Waals surface area contributed by atoms with Crippen LogP contribution in [0.2, 0.25) is 0 Å². The maximum atomic E-state index is 11.4. The highest BCUT2D eigenvalue weighted by Crippen LogP contribution is 2.20. The first kappa shape index (κ1) is 13.5. The Labute approximate surface area is 106 Å². The van der Waals surface area contributed by atoms with Crippen molar-refractivity contribution in [3.63, 3.8) is 0 Å². The van der Waals surface area contributed by atoms with Gasteiger partial charge in [-0.1, -0.05) is 5.16 Å². The Bertz CT molecular complexity index is 473. The van der Waals surface area contributed by atoms with Crippen LogP contribution in [-0.4, -0.2) is 34.1 Å². The summed E-state index contributed by atoms with van der Waals surface area (Å²) in [5.74, 6) is 0.636. The summed E-state index contributed by atoms with van der Waals surface area (Å²) in [5, 5.41) is 11.4. The first-order valence-corrected chi connectivity index (χ1v) is 5.69. The number of aromatic nitrogens is 2. The van der Waals surface area contributed by atoms with Gasteiger partial charge in [0.25, 0.3) is 5.56 Å². The van der Waals surface area contributed by atoms with Gasteiger partial charge in [-0.25, -0.2) is 4.98 Å². The van der Waals surface area contributed by atoms with E-state index in [1.165, 1.54) is 6.33 Å². The molecule has 7 nitrogen and oxygen atoms in total. The summed E-state index contributed by atoms with van der Waals surface area (Å²) in [5.41, 5.74) is 5.18. The van der Waals surface area contributed by atoms with Crippen LogP contribution in [0.1, 0.15) is 13.3 Å². The first-order chi connectivity index (χ1) is 7.97. The molecule has 0 bridgehead atoms. The van der Waals surface area contributed by atoms with Crippen LogP contribution >= 0.6 is 15.9 Å². The molecule has 0 amide bonds. The lowest BCUT2D eigenvalue weighted by atomic mass is 10.2. The number of amidine groups is 1. The van der Waals surface area contributed by atoms with Crippen LogP contribution < -0.4 is 16.2 Å². The lowest BCUT2D eigenvalue weighted by Gasteiger charge is -2.25. The second kappa shape index (κ2) is 5.67. The van der Waals surface area contributed by atoms with E-state index < -0.39 is 0 Å². The molecule has 0 fully saturated rings. The van der Waals surface area contributed by atoms with Crippen molar-refractivity contribution in [2.45, 2.75) is 19.4 Å². The predicted molar refractivity (Wildman–Crippen MR) is 68.4 cm³/mol. The van der Waals surface area contributed by atoms with Crippen LogP contribution in [0.5, 0.6) is 0 Å². The normalized spacial score (nSPS) is 13.5. The zero-order chi connectivity index (χ0) is 13.0. The lowest BCUT2D eigenvalue weighted by Crippen LogP contribution is -2.34. The Morgan fingerprint density at radius 3 is 3.06 bits per heavy atom. The van der Waals surface area contributed by atoms with E-state index in [0.717, 1.165) is 0 Å². The van der Waals surface area contributed by atoms with Crippen LogP contribution in [0.4, 0.5) is 5.82 Å². The molecule has 8 heteroatoms. The molecular formula is C9H14BrN5O2. The van der Waals surface area contributed by atoms with E-state index in [4.69, 9.17) is 10.9 Å². The highest BCUT2D eigenvalue weighted by atomic mass is 79.9. The largest absolute Gasteiger partial charge is 0.409 e. The van der Waals surface area contributed by atoms with Gasteiger partial charge in [-0.15, -0.1) is 0 Å². The van der Waals surface area contributed by atoms with Gasteiger partial charge in [-0.2, -0.15) is 0 Å². The van der Waals surface area contributed by atoms with Crippen molar-refractivity contribution in [1.82, 2.24) is 9.97 Å². The van der Waals surface area contributed by atoms with Gasteiger partial charge in [0, 0.05) is 19.5 Å². The Balaban J connectivity index is 2.92. The molecule has 1 atom stereocenters. The second-order valence-electron chi connectivity index (χ2n) is 3.62. The van der Waals surface area contributed by atoms with E-state index >= 15 is 0 Å². The average Bonchev–Trinajstić information content (AvgIpc) is 2.31. The molecular weight excluding hydrogens is 290 g/mol. The highest BCUT2D eigenvalue weighted by molar-refractivity contribution is 9.10. The van der Waals surface area contributed by atoms with Crippen LogP contribution in [0, 0.1) is 0 Å². The van der Waals surface area contributed by atoms with E-state index in [9.17, 15) is 4.79 Å². The van der Waals surface area contributed by atoms with Gasteiger partial charge >= 0.3 is 0 Å². The van der Waals surface area contributed by atoms with E-state index in [1.807, 2.05) is 6.92 Å². The molecule has 1 heterocycles. The molecule has 1 rings (SSSR count). The summed E-state index contributed by atoms with van der Waals surface area (Å²) in [4.78, 5) is 19.7. The number of anilines is 1. The summed E-state index contributed by atoms with van der Waals surface area (Å²) >= 11 is 3.17. The minimum absolute atomic E-state index is 0.0588. The highest BCUT2D eigenvalue weighted by Gasteiger charge is 2.17. The molecule has 0 saturated carbocycles. The van der Waals surface area contributed by atoms with E-state index in [0.29, 0.717) is 16.7 Å². The van der Waals surface area contributed by atoms with Crippen molar-refractivity contribution in [3.8, 4) is 0 Å². The van der Waals surface area contributed by atoms with Crippen molar-refractivity contribution < 1.29 is 5.21 Å². The molecule has 1 aromatic rings. The topological polar surface area (TPSA) is 108 Å². The number of H-pyrrole nitrogens is 1. The predicted octanol–water partition coefficient (Wildman–Crippen LogP) is 0.494. The van der Waals surface area contributed by atoms with Gasteiger partial charge in [0.2, 0.25) is 0 Å². The molecule has 0 aromatic carbocycles. The van der Waals surface area contributed by atoms with E-state index in [1.54, 1.807) is 11.9 Å². The number of nitrogens with zero attached hydrogens (tertiary/aromatic N) is 3. The number of halogens is 1. The zero-order valence-corrected chi connectivity index (χ0v) is 11.1. The fourth-order valence-corrected chi connectivity index (χ4v) is 1.81. The zero-order valence-electron chi connectivity index (χ0n) is 9.51. The molecule has 1 aromatic heterocycles. The van der Waals surface area contributed by atoms with Gasteiger partial charge in [0.05, 0.1) is 6.33 Å². The van der Waals surface area contributed by atoms with Crippen molar-refractivity contribution in [2.75, 3.05) is 11.9 Å². The number of hydrogen-bond acceptors (Lipinski definition) is 5. The summed E-state index contributed by atoms with van der Waals surface area (Å²) in [7, 11) is 1.78. The molecule has 0 aliphatic carbocycles. The van der Waals surface area contributed by atoms with Gasteiger partial charge in [-0.3, -0.25) is 4.79 Å². The minimum atomic E-state index is -0.252. The van der Waals surface area contributed by atoms with Crippen molar-refractivity contribution in [3.05, 3.63) is 21.2 Å². The monoisotopic (exact) mass is 303 g/mol. The third-order valence-electron chi connectivity index (χ3n) is 2.41. The lowest BCUT2D eigenvalue weighted by molar-refractivity contribution is 0.316. The molecule has 0 aliphatic heterocycles. The SMILES string of the molecule is CC(CC(N)=NO)N(C)c1nc[nH]c(=O)c1Br. The molecule has 94 valence electrons. The Hall–Kier alpha value is -1.57. The number of hydrogen-bond donors (Lipinski definition) is 3.